The lowest BCUT2D eigenvalue weighted by atomic mass is 9.76. The minimum Gasteiger partial charge on any atom is -0.550 e. The summed E-state index contributed by atoms with van der Waals surface area (Å²) in [6, 6.07) is 9.56. The molecule has 1 aromatic heterocycles. The van der Waals surface area contributed by atoms with Crippen molar-refractivity contribution in [1.29, 1.82) is 0 Å². The van der Waals surface area contributed by atoms with Crippen LogP contribution in [0.3, 0.4) is 0 Å². The normalized spacial score (nSPS) is 14.5. The van der Waals surface area contributed by atoms with Crippen LogP contribution in [0, 0.1) is 11.8 Å². The molecule has 2 rings (SSSR count). The third kappa shape index (κ3) is 4.92. The maximum Gasteiger partial charge on any atom is 0.224 e. The average Bonchev–Trinajstić information content (AvgIpc) is 3.13. The standard InChI is InChI=1S/C19H25N3O3/c1-3-16(14-7-5-4-6-8-14)17(13(2)19(24)25)18(23)21-10-9-15-11-20-12-22-15/h4-8,11-13,16-17H,3,9-10H2,1-2H3,(H,20,22)(H,21,23)(H,24,25)/p-1. The minimum atomic E-state index is -1.21. The summed E-state index contributed by atoms with van der Waals surface area (Å²) < 4.78 is 0. The molecule has 0 aliphatic carbocycles. The Bertz CT molecular complexity index is 670. The Balaban J connectivity index is 2.13. The van der Waals surface area contributed by atoms with Crippen LogP contribution < -0.4 is 10.4 Å². The number of hydrogen-bond donors (Lipinski definition) is 2. The van der Waals surface area contributed by atoms with Gasteiger partial charge in [0.2, 0.25) is 5.91 Å². The second-order valence-electron chi connectivity index (χ2n) is 6.18. The number of rotatable bonds is 9. The molecule has 134 valence electrons. The molecule has 6 heteroatoms. The van der Waals surface area contributed by atoms with Crippen molar-refractivity contribution in [2.24, 2.45) is 11.8 Å². The number of nitrogens with one attached hydrogen (secondary N) is 2. The Morgan fingerprint density at radius 3 is 2.56 bits per heavy atom. The first-order chi connectivity index (χ1) is 12.0. The van der Waals surface area contributed by atoms with Crippen LogP contribution in [-0.4, -0.2) is 28.4 Å². The quantitative estimate of drug-likeness (QED) is 0.717. The number of carboxylic acid groups (broad SMARTS) is 1. The topological polar surface area (TPSA) is 97.9 Å². The summed E-state index contributed by atoms with van der Waals surface area (Å²) in [5.41, 5.74) is 1.88. The van der Waals surface area contributed by atoms with Crippen molar-refractivity contribution in [2.45, 2.75) is 32.6 Å². The third-order valence-electron chi connectivity index (χ3n) is 4.56. The van der Waals surface area contributed by atoms with E-state index in [1.807, 2.05) is 37.3 Å². The molecule has 1 aromatic carbocycles. The van der Waals surface area contributed by atoms with E-state index in [1.54, 1.807) is 19.4 Å². The Labute approximate surface area is 147 Å². The van der Waals surface area contributed by atoms with Crippen molar-refractivity contribution in [3.8, 4) is 0 Å². The van der Waals surface area contributed by atoms with Gasteiger partial charge in [0.05, 0.1) is 12.2 Å². The summed E-state index contributed by atoms with van der Waals surface area (Å²) in [5, 5.41) is 14.3. The van der Waals surface area contributed by atoms with Gasteiger partial charge in [0, 0.05) is 36.7 Å². The van der Waals surface area contributed by atoms with Crippen LogP contribution in [-0.2, 0) is 16.0 Å². The first kappa shape index (κ1) is 18.7. The fourth-order valence-corrected chi connectivity index (χ4v) is 3.16. The summed E-state index contributed by atoms with van der Waals surface area (Å²) in [7, 11) is 0. The Morgan fingerprint density at radius 2 is 2.00 bits per heavy atom. The van der Waals surface area contributed by atoms with Crippen molar-refractivity contribution in [3.63, 3.8) is 0 Å². The first-order valence-electron chi connectivity index (χ1n) is 8.55. The van der Waals surface area contributed by atoms with Gasteiger partial charge in [-0.3, -0.25) is 4.79 Å². The zero-order valence-corrected chi connectivity index (χ0v) is 14.6. The van der Waals surface area contributed by atoms with E-state index >= 15 is 0 Å². The molecule has 1 amide bonds. The van der Waals surface area contributed by atoms with Gasteiger partial charge >= 0.3 is 0 Å². The van der Waals surface area contributed by atoms with Gasteiger partial charge in [-0.15, -0.1) is 0 Å². The number of hydrogen-bond acceptors (Lipinski definition) is 4. The van der Waals surface area contributed by atoms with Crippen LogP contribution in [0.1, 0.15) is 37.4 Å². The van der Waals surface area contributed by atoms with E-state index in [4.69, 9.17) is 0 Å². The second-order valence-corrected chi connectivity index (χ2v) is 6.18. The maximum atomic E-state index is 12.8. The van der Waals surface area contributed by atoms with Crippen molar-refractivity contribution < 1.29 is 14.7 Å². The van der Waals surface area contributed by atoms with Gasteiger partial charge < -0.3 is 20.2 Å². The summed E-state index contributed by atoms with van der Waals surface area (Å²) in [6.45, 7) is 3.92. The highest BCUT2D eigenvalue weighted by Gasteiger charge is 2.33. The third-order valence-corrected chi connectivity index (χ3v) is 4.56. The van der Waals surface area contributed by atoms with Crippen LogP contribution >= 0.6 is 0 Å². The number of imidazole rings is 1. The highest BCUT2D eigenvalue weighted by molar-refractivity contribution is 5.84. The molecule has 0 spiro atoms. The molecule has 3 unspecified atom stereocenters. The number of aromatic amines is 1. The molecular formula is C19H24N3O3-. The zero-order valence-electron chi connectivity index (χ0n) is 14.6. The van der Waals surface area contributed by atoms with Crippen molar-refractivity contribution >= 4 is 11.9 Å². The molecule has 0 fully saturated rings. The number of nitrogens with zero attached hydrogens (tertiary/aromatic N) is 1. The highest BCUT2D eigenvalue weighted by atomic mass is 16.4. The monoisotopic (exact) mass is 342 g/mol. The number of aliphatic carboxylic acids is 1. The molecule has 0 saturated carbocycles. The van der Waals surface area contributed by atoms with Crippen LogP contribution in [0.5, 0.6) is 0 Å². The molecule has 2 aromatic rings. The van der Waals surface area contributed by atoms with Crippen molar-refractivity contribution in [3.05, 3.63) is 54.1 Å². The number of carbonyl (C=O) groups excluding carboxylic acids is 2. The predicted octanol–water partition coefficient (Wildman–Crippen LogP) is 1.26. The van der Waals surface area contributed by atoms with Gasteiger partial charge in [0.15, 0.2) is 0 Å². The molecule has 0 aliphatic rings. The van der Waals surface area contributed by atoms with Crippen LogP contribution in [0.25, 0.3) is 0 Å². The SMILES string of the molecule is CCC(c1ccccc1)C(C(=O)NCCc1cnc[nH]1)C(C)C(=O)[O-]. The van der Waals surface area contributed by atoms with E-state index in [9.17, 15) is 14.7 Å². The fraction of sp³-hybridized carbons (Fsp3) is 0.421. The number of benzene rings is 1. The molecule has 3 atom stereocenters. The molecule has 0 bridgehead atoms. The van der Waals surface area contributed by atoms with Gasteiger partial charge in [0.25, 0.3) is 0 Å². The van der Waals surface area contributed by atoms with E-state index in [2.05, 4.69) is 15.3 Å². The molecule has 0 radical (unpaired) electrons. The summed E-state index contributed by atoms with van der Waals surface area (Å²) >= 11 is 0. The van der Waals surface area contributed by atoms with Gasteiger partial charge in [-0.2, -0.15) is 0 Å². The van der Waals surface area contributed by atoms with Gasteiger partial charge in [-0.25, -0.2) is 4.98 Å². The number of H-pyrrole nitrogens is 1. The zero-order chi connectivity index (χ0) is 18.2. The average molecular weight is 342 g/mol. The Hall–Kier alpha value is -2.63. The molecule has 0 saturated heterocycles. The van der Waals surface area contributed by atoms with Crippen molar-refractivity contribution in [2.75, 3.05) is 6.54 Å². The second kappa shape index (κ2) is 9.01. The lowest BCUT2D eigenvalue weighted by Crippen LogP contribution is -2.44. The summed E-state index contributed by atoms with van der Waals surface area (Å²) in [4.78, 5) is 31.1. The molecule has 1 heterocycles. The first-order valence-corrected chi connectivity index (χ1v) is 8.55. The van der Waals surface area contributed by atoms with Gasteiger partial charge in [-0.1, -0.05) is 44.2 Å². The smallest absolute Gasteiger partial charge is 0.224 e. The van der Waals surface area contributed by atoms with E-state index in [0.717, 1.165) is 11.3 Å². The fourth-order valence-electron chi connectivity index (χ4n) is 3.16. The Kier molecular flexibility index (Phi) is 6.74. The Morgan fingerprint density at radius 1 is 1.28 bits per heavy atom. The highest BCUT2D eigenvalue weighted by Crippen LogP contribution is 2.33. The molecular weight excluding hydrogens is 318 g/mol. The van der Waals surface area contributed by atoms with E-state index in [0.29, 0.717) is 19.4 Å². The minimum absolute atomic E-state index is 0.179. The van der Waals surface area contributed by atoms with E-state index in [-0.39, 0.29) is 11.8 Å². The van der Waals surface area contributed by atoms with E-state index < -0.39 is 17.8 Å². The van der Waals surface area contributed by atoms with Crippen LogP contribution in [0.4, 0.5) is 0 Å². The number of carboxylic acids is 1. The van der Waals surface area contributed by atoms with Gasteiger partial charge in [-0.05, 0) is 17.9 Å². The number of aromatic nitrogens is 2. The number of carbonyl (C=O) groups is 2. The van der Waals surface area contributed by atoms with Gasteiger partial charge in [0.1, 0.15) is 0 Å². The summed E-state index contributed by atoms with van der Waals surface area (Å²) in [5.74, 6) is -3.20. The summed E-state index contributed by atoms with van der Waals surface area (Å²) in [6.07, 6.45) is 4.56. The molecule has 25 heavy (non-hydrogen) atoms. The largest absolute Gasteiger partial charge is 0.550 e. The van der Waals surface area contributed by atoms with Crippen molar-refractivity contribution in [1.82, 2.24) is 15.3 Å². The molecule has 0 aliphatic heterocycles. The number of amides is 1. The lowest BCUT2D eigenvalue weighted by Gasteiger charge is -2.31. The molecule has 6 nitrogen and oxygen atoms in total. The predicted molar refractivity (Wildman–Crippen MR) is 92.4 cm³/mol. The van der Waals surface area contributed by atoms with Crippen LogP contribution in [0.2, 0.25) is 0 Å². The molecule has 2 N–H and O–H groups in total. The van der Waals surface area contributed by atoms with E-state index in [1.165, 1.54) is 0 Å². The lowest BCUT2D eigenvalue weighted by molar-refractivity contribution is -0.312. The maximum absolute atomic E-state index is 12.8. The van der Waals surface area contributed by atoms with Crippen LogP contribution in [0.15, 0.2) is 42.9 Å².